The molecule has 1 saturated heterocycles. The van der Waals surface area contributed by atoms with E-state index in [9.17, 15) is 4.79 Å². The zero-order valence-electron chi connectivity index (χ0n) is 12.0. The lowest BCUT2D eigenvalue weighted by Gasteiger charge is -2.29. The summed E-state index contributed by atoms with van der Waals surface area (Å²) < 4.78 is 5.77. The Morgan fingerprint density at radius 2 is 2.33 bits per heavy atom. The molecule has 1 aliphatic rings. The number of hydrogen-bond acceptors (Lipinski definition) is 3. The molecule has 5 heteroatoms. The van der Waals surface area contributed by atoms with Crippen LogP contribution in [0.4, 0.5) is 0 Å². The number of hydrogen-bond donors (Lipinski definition) is 2. The summed E-state index contributed by atoms with van der Waals surface area (Å²) in [5.41, 5.74) is 2.52. The van der Waals surface area contributed by atoms with Crippen LogP contribution in [0.25, 0.3) is 0 Å². The number of nitrogens with one attached hydrogen (secondary N) is 2. The van der Waals surface area contributed by atoms with Crippen molar-refractivity contribution in [3.8, 4) is 0 Å². The summed E-state index contributed by atoms with van der Waals surface area (Å²) >= 11 is 0. The zero-order valence-corrected chi connectivity index (χ0v) is 12.0. The van der Waals surface area contributed by atoms with Crippen LogP contribution in [0.3, 0.4) is 0 Å². The van der Waals surface area contributed by atoms with Crippen LogP contribution in [-0.4, -0.2) is 28.5 Å². The molecule has 2 aromatic rings. The first-order chi connectivity index (χ1) is 10.2. The number of H-pyrrole nitrogens is 1. The first kappa shape index (κ1) is 13.8. The number of nitrogens with zero attached hydrogens (tertiary/aromatic N) is 1. The molecule has 21 heavy (non-hydrogen) atoms. The van der Waals surface area contributed by atoms with Crippen molar-refractivity contribution in [2.75, 3.05) is 6.61 Å². The summed E-state index contributed by atoms with van der Waals surface area (Å²) in [5.74, 6) is -0.0517. The standard InChI is InChI=1S/C16H19N3O2/c1-11-5-8-18-15(11)16(20)19-12-6-9-21-14(10-12)13-4-2-3-7-17-13/h2-5,7-8,12,14,18H,6,9-10H2,1H3,(H,19,20)/t12-,14-/m1/s1. The van der Waals surface area contributed by atoms with Crippen molar-refractivity contribution >= 4 is 5.91 Å². The highest BCUT2D eigenvalue weighted by molar-refractivity contribution is 5.94. The van der Waals surface area contributed by atoms with Crippen molar-refractivity contribution in [2.45, 2.75) is 31.9 Å². The molecule has 0 aromatic carbocycles. The number of aromatic amines is 1. The fourth-order valence-corrected chi connectivity index (χ4v) is 2.65. The predicted molar refractivity (Wildman–Crippen MR) is 78.9 cm³/mol. The second kappa shape index (κ2) is 6.10. The number of aryl methyl sites for hydroxylation is 1. The Morgan fingerprint density at radius 1 is 1.43 bits per heavy atom. The number of rotatable bonds is 3. The molecule has 110 valence electrons. The molecule has 2 atom stereocenters. The van der Waals surface area contributed by atoms with Crippen LogP contribution in [0.15, 0.2) is 36.7 Å². The van der Waals surface area contributed by atoms with Gasteiger partial charge in [-0.3, -0.25) is 9.78 Å². The number of aromatic nitrogens is 2. The van der Waals surface area contributed by atoms with E-state index >= 15 is 0 Å². The summed E-state index contributed by atoms with van der Waals surface area (Å²) in [7, 11) is 0. The van der Waals surface area contributed by atoms with E-state index in [0.29, 0.717) is 12.3 Å². The second-order valence-corrected chi connectivity index (χ2v) is 5.34. The maximum atomic E-state index is 12.2. The van der Waals surface area contributed by atoms with Crippen LogP contribution >= 0.6 is 0 Å². The highest BCUT2D eigenvalue weighted by atomic mass is 16.5. The Bertz CT molecular complexity index is 609. The van der Waals surface area contributed by atoms with Gasteiger partial charge in [0.15, 0.2) is 0 Å². The Kier molecular flexibility index (Phi) is 4.01. The molecule has 0 radical (unpaired) electrons. The Morgan fingerprint density at radius 3 is 3.05 bits per heavy atom. The summed E-state index contributed by atoms with van der Waals surface area (Å²) in [5, 5.41) is 3.08. The second-order valence-electron chi connectivity index (χ2n) is 5.34. The number of ether oxygens (including phenoxy) is 1. The average Bonchev–Trinajstić information content (AvgIpc) is 2.95. The van der Waals surface area contributed by atoms with E-state index in [-0.39, 0.29) is 18.1 Å². The van der Waals surface area contributed by atoms with Gasteiger partial charge in [-0.15, -0.1) is 0 Å². The van der Waals surface area contributed by atoms with Gasteiger partial charge in [0, 0.05) is 25.0 Å². The summed E-state index contributed by atoms with van der Waals surface area (Å²) in [4.78, 5) is 19.6. The lowest BCUT2D eigenvalue weighted by Crippen LogP contribution is -2.40. The zero-order chi connectivity index (χ0) is 14.7. The van der Waals surface area contributed by atoms with Gasteiger partial charge in [-0.25, -0.2) is 0 Å². The van der Waals surface area contributed by atoms with Crippen molar-refractivity contribution in [2.24, 2.45) is 0 Å². The van der Waals surface area contributed by atoms with Crippen molar-refractivity contribution < 1.29 is 9.53 Å². The Hall–Kier alpha value is -2.14. The maximum Gasteiger partial charge on any atom is 0.268 e. The van der Waals surface area contributed by atoms with Crippen molar-refractivity contribution in [3.63, 3.8) is 0 Å². The molecule has 2 aromatic heterocycles. The van der Waals surface area contributed by atoms with E-state index in [4.69, 9.17) is 4.74 Å². The Balaban J connectivity index is 1.64. The van der Waals surface area contributed by atoms with Crippen molar-refractivity contribution in [1.82, 2.24) is 15.3 Å². The van der Waals surface area contributed by atoms with Crippen LogP contribution in [0, 0.1) is 6.92 Å². The van der Waals surface area contributed by atoms with Gasteiger partial charge in [-0.05, 0) is 43.5 Å². The molecule has 0 spiro atoms. The number of pyridine rings is 1. The largest absolute Gasteiger partial charge is 0.372 e. The quantitative estimate of drug-likeness (QED) is 0.909. The molecule has 0 unspecified atom stereocenters. The van der Waals surface area contributed by atoms with Crippen molar-refractivity contribution in [3.05, 3.63) is 53.6 Å². The van der Waals surface area contributed by atoms with Gasteiger partial charge in [-0.2, -0.15) is 0 Å². The topological polar surface area (TPSA) is 67.0 Å². The van der Waals surface area contributed by atoms with Crippen LogP contribution in [0.5, 0.6) is 0 Å². The first-order valence-corrected chi connectivity index (χ1v) is 7.21. The highest BCUT2D eigenvalue weighted by Gasteiger charge is 2.26. The van der Waals surface area contributed by atoms with E-state index in [0.717, 1.165) is 24.1 Å². The fraction of sp³-hybridized carbons (Fsp3) is 0.375. The molecule has 3 heterocycles. The van der Waals surface area contributed by atoms with E-state index in [1.54, 1.807) is 12.4 Å². The minimum absolute atomic E-state index is 0.0463. The Labute approximate surface area is 123 Å². The molecule has 5 nitrogen and oxygen atoms in total. The molecule has 1 amide bonds. The van der Waals surface area contributed by atoms with Gasteiger partial charge >= 0.3 is 0 Å². The van der Waals surface area contributed by atoms with Crippen molar-refractivity contribution in [1.29, 1.82) is 0 Å². The van der Waals surface area contributed by atoms with Gasteiger partial charge in [0.1, 0.15) is 11.8 Å². The van der Waals surface area contributed by atoms with Crippen LogP contribution < -0.4 is 5.32 Å². The molecule has 0 aliphatic carbocycles. The lowest BCUT2D eigenvalue weighted by atomic mass is 10.0. The van der Waals surface area contributed by atoms with Crippen LogP contribution in [0.1, 0.15) is 40.7 Å². The van der Waals surface area contributed by atoms with Gasteiger partial charge in [0.25, 0.3) is 5.91 Å². The molecule has 1 aliphatic heterocycles. The monoisotopic (exact) mass is 285 g/mol. The van der Waals surface area contributed by atoms with E-state index in [1.165, 1.54) is 0 Å². The fourth-order valence-electron chi connectivity index (χ4n) is 2.65. The van der Waals surface area contributed by atoms with E-state index < -0.39 is 0 Å². The molecule has 3 rings (SSSR count). The molecular weight excluding hydrogens is 266 g/mol. The first-order valence-electron chi connectivity index (χ1n) is 7.21. The maximum absolute atomic E-state index is 12.2. The SMILES string of the molecule is Cc1cc[nH]c1C(=O)N[C@@H]1CCO[C@@H](c2ccccn2)C1. The molecule has 2 N–H and O–H groups in total. The molecule has 0 saturated carbocycles. The smallest absolute Gasteiger partial charge is 0.268 e. The number of carbonyl (C=O) groups excluding carboxylic acids is 1. The predicted octanol–water partition coefficient (Wildman–Crippen LogP) is 2.37. The van der Waals surface area contributed by atoms with Gasteiger partial charge in [0.2, 0.25) is 0 Å². The summed E-state index contributed by atoms with van der Waals surface area (Å²) in [6.45, 7) is 2.56. The number of carbonyl (C=O) groups is 1. The van der Waals surface area contributed by atoms with E-state index in [1.807, 2.05) is 31.2 Å². The summed E-state index contributed by atoms with van der Waals surface area (Å²) in [6, 6.07) is 7.82. The summed E-state index contributed by atoms with van der Waals surface area (Å²) in [6.07, 6.45) is 5.08. The van der Waals surface area contributed by atoms with Crippen LogP contribution in [0.2, 0.25) is 0 Å². The number of amides is 1. The van der Waals surface area contributed by atoms with E-state index in [2.05, 4.69) is 15.3 Å². The molecule has 1 fully saturated rings. The highest BCUT2D eigenvalue weighted by Crippen LogP contribution is 2.26. The lowest BCUT2D eigenvalue weighted by molar-refractivity contribution is -0.00155. The normalized spacial score (nSPS) is 22.0. The average molecular weight is 285 g/mol. The third kappa shape index (κ3) is 3.13. The van der Waals surface area contributed by atoms with Gasteiger partial charge < -0.3 is 15.0 Å². The molecular formula is C16H19N3O2. The molecule has 0 bridgehead atoms. The van der Waals surface area contributed by atoms with Gasteiger partial charge in [-0.1, -0.05) is 6.07 Å². The van der Waals surface area contributed by atoms with Crippen LogP contribution in [-0.2, 0) is 4.74 Å². The third-order valence-electron chi connectivity index (χ3n) is 3.82. The third-order valence-corrected chi connectivity index (χ3v) is 3.82. The van der Waals surface area contributed by atoms with Gasteiger partial charge in [0.05, 0.1) is 5.69 Å². The minimum Gasteiger partial charge on any atom is -0.372 e. The minimum atomic E-state index is -0.0517.